The minimum atomic E-state index is -3.95. The molecule has 4 rings (SSSR count). The van der Waals surface area contributed by atoms with E-state index in [9.17, 15) is 13.2 Å². The summed E-state index contributed by atoms with van der Waals surface area (Å²) in [6.07, 6.45) is 1.95. The second kappa shape index (κ2) is 11.5. The highest BCUT2D eigenvalue weighted by atomic mass is 32.2. The fourth-order valence-electron chi connectivity index (χ4n) is 4.72. The van der Waals surface area contributed by atoms with Crippen molar-refractivity contribution >= 4 is 15.7 Å². The van der Waals surface area contributed by atoms with Crippen LogP contribution in [0.4, 0.5) is 0 Å². The third-order valence-corrected chi connectivity index (χ3v) is 9.94. The van der Waals surface area contributed by atoms with E-state index in [2.05, 4.69) is 62.4 Å². The number of ether oxygens (including phenoxy) is 2. The van der Waals surface area contributed by atoms with E-state index in [4.69, 9.17) is 15.2 Å². The van der Waals surface area contributed by atoms with Gasteiger partial charge in [-0.15, -0.1) is 0 Å². The van der Waals surface area contributed by atoms with E-state index in [0.717, 1.165) is 12.0 Å². The SMILES string of the molecule is CCC(C)c1ccc(-c2cccc(CCOc3ccc(S(=O)(=O)C4(C(N)=O)CCOCC4)cc3)c2)cc1. The first kappa shape index (κ1) is 26.9. The molecule has 7 heteroatoms. The third-order valence-electron chi connectivity index (χ3n) is 7.41. The van der Waals surface area contributed by atoms with Gasteiger partial charge in [-0.3, -0.25) is 4.79 Å². The molecule has 1 atom stereocenters. The molecule has 1 unspecified atom stereocenters. The molecule has 1 heterocycles. The molecule has 0 aliphatic carbocycles. The van der Waals surface area contributed by atoms with Gasteiger partial charge in [0.2, 0.25) is 5.91 Å². The van der Waals surface area contributed by atoms with Crippen molar-refractivity contribution in [3.63, 3.8) is 0 Å². The quantitative estimate of drug-likeness (QED) is 0.391. The molecular formula is C30H35NO5S. The van der Waals surface area contributed by atoms with Crippen molar-refractivity contribution in [3.8, 4) is 16.9 Å². The van der Waals surface area contributed by atoms with Crippen LogP contribution in [0, 0.1) is 0 Å². The highest BCUT2D eigenvalue weighted by Gasteiger charge is 2.51. The standard InChI is InChI=1S/C30H35NO5S/c1-3-22(2)24-7-9-25(10-8-24)26-6-4-5-23(21-26)15-18-36-27-11-13-28(14-12-27)37(33,34)30(29(31)32)16-19-35-20-17-30/h4-14,21-22H,3,15-20H2,1-2H3,(H2,31,32). The molecule has 196 valence electrons. The topological polar surface area (TPSA) is 95.7 Å². The van der Waals surface area contributed by atoms with Gasteiger partial charge in [0.25, 0.3) is 0 Å². The van der Waals surface area contributed by atoms with Crippen molar-refractivity contribution in [2.75, 3.05) is 19.8 Å². The van der Waals surface area contributed by atoms with Gasteiger partial charge < -0.3 is 15.2 Å². The zero-order valence-electron chi connectivity index (χ0n) is 21.5. The zero-order chi connectivity index (χ0) is 26.5. The van der Waals surface area contributed by atoms with Crippen molar-refractivity contribution in [1.29, 1.82) is 0 Å². The smallest absolute Gasteiger partial charge is 0.239 e. The van der Waals surface area contributed by atoms with E-state index < -0.39 is 20.5 Å². The molecule has 1 saturated heterocycles. The van der Waals surface area contributed by atoms with E-state index >= 15 is 0 Å². The maximum Gasteiger partial charge on any atom is 0.239 e. The Bertz CT molecular complexity index is 1310. The minimum absolute atomic E-state index is 0.0595. The number of nitrogens with two attached hydrogens (primary N) is 1. The summed E-state index contributed by atoms with van der Waals surface area (Å²) in [6, 6.07) is 23.4. The van der Waals surface area contributed by atoms with Crippen LogP contribution in [0.3, 0.4) is 0 Å². The van der Waals surface area contributed by atoms with Crippen molar-refractivity contribution in [3.05, 3.63) is 83.9 Å². The highest BCUT2D eigenvalue weighted by Crippen LogP contribution is 2.35. The molecule has 0 spiro atoms. The van der Waals surface area contributed by atoms with Crippen LogP contribution < -0.4 is 10.5 Å². The summed E-state index contributed by atoms with van der Waals surface area (Å²) in [5, 5.41) is 0. The molecule has 0 aromatic heterocycles. The fraction of sp³-hybridized carbons (Fsp3) is 0.367. The minimum Gasteiger partial charge on any atom is -0.493 e. The maximum absolute atomic E-state index is 13.3. The van der Waals surface area contributed by atoms with Gasteiger partial charge in [0, 0.05) is 19.6 Å². The van der Waals surface area contributed by atoms with Gasteiger partial charge in [-0.2, -0.15) is 0 Å². The summed E-state index contributed by atoms with van der Waals surface area (Å²) in [4.78, 5) is 12.2. The Morgan fingerprint density at radius 2 is 1.68 bits per heavy atom. The van der Waals surface area contributed by atoms with E-state index in [-0.39, 0.29) is 31.0 Å². The number of carbonyl (C=O) groups is 1. The number of sulfone groups is 1. The number of carbonyl (C=O) groups excluding carboxylic acids is 1. The summed E-state index contributed by atoms with van der Waals surface area (Å²) < 4.78 is 36.1. The Balaban J connectivity index is 1.38. The number of amides is 1. The molecule has 6 nitrogen and oxygen atoms in total. The first-order chi connectivity index (χ1) is 17.8. The number of primary amides is 1. The second-order valence-electron chi connectivity index (χ2n) is 9.68. The average molecular weight is 522 g/mol. The second-order valence-corrected chi connectivity index (χ2v) is 11.9. The van der Waals surface area contributed by atoms with Crippen LogP contribution in [0.15, 0.2) is 77.7 Å². The number of hydrogen-bond acceptors (Lipinski definition) is 5. The predicted octanol–water partition coefficient (Wildman–Crippen LogP) is 5.30. The van der Waals surface area contributed by atoms with Crippen LogP contribution in [0.5, 0.6) is 5.75 Å². The first-order valence-electron chi connectivity index (χ1n) is 12.8. The van der Waals surface area contributed by atoms with Crippen molar-refractivity contribution in [2.45, 2.75) is 55.1 Å². The molecule has 1 aliphatic heterocycles. The molecule has 1 fully saturated rings. The summed E-state index contributed by atoms with van der Waals surface area (Å²) in [5.41, 5.74) is 10.4. The van der Waals surface area contributed by atoms with Gasteiger partial charge in [-0.05, 0) is 71.7 Å². The number of rotatable bonds is 10. The average Bonchev–Trinajstić information content (AvgIpc) is 2.93. The molecular weight excluding hydrogens is 486 g/mol. The lowest BCUT2D eigenvalue weighted by Gasteiger charge is -2.33. The summed E-state index contributed by atoms with van der Waals surface area (Å²) in [6.45, 7) is 5.27. The lowest BCUT2D eigenvalue weighted by molar-refractivity contribution is -0.122. The Morgan fingerprint density at radius 1 is 1.00 bits per heavy atom. The van der Waals surface area contributed by atoms with Gasteiger partial charge in [-0.25, -0.2) is 8.42 Å². The molecule has 37 heavy (non-hydrogen) atoms. The van der Waals surface area contributed by atoms with Gasteiger partial charge in [0.15, 0.2) is 14.6 Å². The molecule has 0 bridgehead atoms. The maximum atomic E-state index is 13.3. The van der Waals surface area contributed by atoms with Gasteiger partial charge in [0.1, 0.15) is 5.75 Å². The molecule has 1 aliphatic rings. The molecule has 3 aromatic carbocycles. The zero-order valence-corrected chi connectivity index (χ0v) is 22.3. The summed E-state index contributed by atoms with van der Waals surface area (Å²) in [5.74, 6) is 0.290. The largest absolute Gasteiger partial charge is 0.493 e. The van der Waals surface area contributed by atoms with Crippen LogP contribution in [-0.4, -0.2) is 38.9 Å². The Labute approximate surface area is 219 Å². The van der Waals surface area contributed by atoms with Crippen LogP contribution in [-0.2, 0) is 25.8 Å². The molecule has 2 N–H and O–H groups in total. The van der Waals surface area contributed by atoms with Crippen molar-refractivity contribution in [1.82, 2.24) is 0 Å². The summed E-state index contributed by atoms with van der Waals surface area (Å²) >= 11 is 0. The van der Waals surface area contributed by atoms with Crippen molar-refractivity contribution < 1.29 is 22.7 Å². The monoisotopic (exact) mass is 521 g/mol. The van der Waals surface area contributed by atoms with Crippen LogP contribution in [0.1, 0.15) is 50.2 Å². The molecule has 3 aromatic rings. The third kappa shape index (κ3) is 5.73. The van der Waals surface area contributed by atoms with Crippen molar-refractivity contribution in [2.24, 2.45) is 5.73 Å². The normalized spacial score (nSPS) is 16.2. The Morgan fingerprint density at radius 3 is 2.30 bits per heavy atom. The number of benzene rings is 3. The van der Waals surface area contributed by atoms with E-state index in [1.165, 1.54) is 28.8 Å². The molecule has 1 amide bonds. The highest BCUT2D eigenvalue weighted by molar-refractivity contribution is 7.93. The lowest BCUT2D eigenvalue weighted by atomic mass is 9.95. The van der Waals surface area contributed by atoms with Crippen LogP contribution >= 0.6 is 0 Å². The van der Waals surface area contributed by atoms with Crippen LogP contribution in [0.25, 0.3) is 11.1 Å². The van der Waals surface area contributed by atoms with E-state index in [1.807, 2.05) is 0 Å². The Kier molecular flexibility index (Phi) is 8.35. The Hall–Kier alpha value is -3.16. The van der Waals surface area contributed by atoms with Crippen LogP contribution in [0.2, 0.25) is 0 Å². The first-order valence-corrected chi connectivity index (χ1v) is 14.3. The molecule has 0 radical (unpaired) electrons. The van der Waals surface area contributed by atoms with E-state index in [0.29, 0.717) is 24.7 Å². The van der Waals surface area contributed by atoms with Gasteiger partial charge in [-0.1, -0.05) is 62.4 Å². The number of hydrogen-bond donors (Lipinski definition) is 1. The summed E-state index contributed by atoms with van der Waals surface area (Å²) in [7, 11) is -3.95. The van der Waals surface area contributed by atoms with Gasteiger partial charge >= 0.3 is 0 Å². The predicted molar refractivity (Wildman–Crippen MR) is 145 cm³/mol. The fourth-order valence-corrected chi connectivity index (χ4v) is 6.64. The van der Waals surface area contributed by atoms with E-state index in [1.54, 1.807) is 12.1 Å². The van der Waals surface area contributed by atoms with Gasteiger partial charge in [0.05, 0.1) is 11.5 Å². The lowest BCUT2D eigenvalue weighted by Crippen LogP contribution is -2.53. The molecule has 0 saturated carbocycles.